The minimum absolute atomic E-state index is 0.106. The Balaban J connectivity index is 3.49. The van der Waals surface area contributed by atoms with Gasteiger partial charge in [0.2, 0.25) is 0 Å². The van der Waals surface area contributed by atoms with Gasteiger partial charge in [0.05, 0.1) is 5.02 Å². The molecule has 1 aromatic rings. The monoisotopic (exact) mass is 256 g/mol. The van der Waals surface area contributed by atoms with E-state index in [0.717, 1.165) is 6.20 Å². The lowest BCUT2D eigenvalue weighted by Crippen LogP contribution is -2.03. The van der Waals surface area contributed by atoms with Gasteiger partial charge in [-0.2, -0.15) is 0 Å². The van der Waals surface area contributed by atoms with Crippen LogP contribution in [0.25, 0.3) is 0 Å². The van der Waals surface area contributed by atoms with Crippen LogP contribution >= 0.6 is 23.2 Å². The molecule has 0 spiro atoms. The molecule has 1 rings (SSSR count). The van der Waals surface area contributed by atoms with Gasteiger partial charge in [-0.15, -0.1) is 11.6 Å². The second-order valence-electron chi connectivity index (χ2n) is 2.51. The van der Waals surface area contributed by atoms with Crippen LogP contribution in [0.15, 0.2) is 6.20 Å². The predicted molar refractivity (Wildman–Crippen MR) is 50.4 cm³/mol. The highest BCUT2D eigenvalue weighted by Gasteiger charge is 2.28. The number of hydrogen-bond acceptors (Lipinski definition) is 3. The summed E-state index contributed by atoms with van der Waals surface area (Å²) in [5.74, 6) is -1.24. The zero-order valence-corrected chi connectivity index (χ0v) is 8.60. The number of rotatable bonds is 3. The summed E-state index contributed by atoms with van der Waals surface area (Å²) in [6, 6.07) is 0. The molecule has 82 valence electrons. The van der Waals surface area contributed by atoms with E-state index in [-0.39, 0.29) is 16.5 Å². The molecule has 0 N–H and O–H groups in total. The third kappa shape index (κ3) is 2.32. The second-order valence-corrected chi connectivity index (χ2v) is 3.19. The lowest BCUT2D eigenvalue weighted by Gasteiger charge is -2.06. The fourth-order valence-corrected chi connectivity index (χ4v) is 1.61. The number of aromatic nitrogens is 1. The zero-order chi connectivity index (χ0) is 11.6. The van der Waals surface area contributed by atoms with Crippen LogP contribution in [-0.4, -0.2) is 9.91 Å². The minimum Gasteiger partial charge on any atom is -0.358 e. The first-order chi connectivity index (χ1) is 6.99. The zero-order valence-electron chi connectivity index (χ0n) is 7.08. The van der Waals surface area contributed by atoms with Crippen LogP contribution in [-0.2, 0) is 5.88 Å². The summed E-state index contributed by atoms with van der Waals surface area (Å²) >= 11 is 10.9. The van der Waals surface area contributed by atoms with Crippen LogP contribution in [0.2, 0.25) is 5.02 Å². The van der Waals surface area contributed by atoms with E-state index in [1.54, 1.807) is 0 Å². The number of pyridine rings is 1. The highest BCUT2D eigenvalue weighted by molar-refractivity contribution is 6.32. The molecule has 0 saturated heterocycles. The van der Waals surface area contributed by atoms with Crippen molar-refractivity contribution in [1.29, 1.82) is 0 Å². The van der Waals surface area contributed by atoms with Gasteiger partial charge < -0.3 is 10.1 Å². The van der Waals surface area contributed by atoms with Crippen LogP contribution in [0.1, 0.15) is 17.6 Å². The van der Waals surface area contributed by atoms with Gasteiger partial charge in [0.15, 0.2) is 6.20 Å². The fraction of sp³-hybridized carbons (Fsp3) is 0.286. The maximum atomic E-state index is 12.6. The average molecular weight is 257 g/mol. The summed E-state index contributed by atoms with van der Waals surface area (Å²) in [6.45, 7) is 0. The fourth-order valence-electron chi connectivity index (χ4n) is 1.04. The molecule has 1 aromatic heterocycles. The van der Waals surface area contributed by atoms with Gasteiger partial charge >= 0.3 is 5.82 Å². The van der Waals surface area contributed by atoms with E-state index in [4.69, 9.17) is 23.2 Å². The Bertz CT molecular complexity index is 401. The lowest BCUT2D eigenvalue weighted by molar-refractivity contribution is -0.391. The molecular formula is C7H4Cl2F2N2O2. The molecular weight excluding hydrogens is 253 g/mol. The maximum Gasteiger partial charge on any atom is 0.372 e. The highest BCUT2D eigenvalue weighted by atomic mass is 35.5. The van der Waals surface area contributed by atoms with E-state index in [1.807, 2.05) is 0 Å². The SMILES string of the molecule is O=[N+]([O-])c1ncc(Cl)c(CCl)c1C(F)F. The molecule has 0 unspecified atom stereocenters. The van der Waals surface area contributed by atoms with Gasteiger partial charge in [-0.25, -0.2) is 8.78 Å². The summed E-state index contributed by atoms with van der Waals surface area (Å²) in [6.07, 6.45) is -2.10. The molecule has 0 amide bonds. The molecule has 0 bridgehead atoms. The molecule has 1 heterocycles. The molecule has 15 heavy (non-hydrogen) atoms. The van der Waals surface area contributed by atoms with Crippen molar-refractivity contribution < 1.29 is 13.7 Å². The largest absolute Gasteiger partial charge is 0.372 e. The third-order valence-electron chi connectivity index (χ3n) is 1.68. The van der Waals surface area contributed by atoms with Crippen LogP contribution < -0.4 is 0 Å². The van der Waals surface area contributed by atoms with Crippen molar-refractivity contribution in [2.45, 2.75) is 12.3 Å². The van der Waals surface area contributed by atoms with Crippen molar-refractivity contribution in [3.8, 4) is 0 Å². The molecule has 0 atom stereocenters. The molecule has 4 nitrogen and oxygen atoms in total. The molecule has 0 aromatic carbocycles. The third-order valence-corrected chi connectivity index (χ3v) is 2.27. The van der Waals surface area contributed by atoms with Crippen molar-refractivity contribution in [2.24, 2.45) is 0 Å². The average Bonchev–Trinajstić information content (AvgIpc) is 2.16. The van der Waals surface area contributed by atoms with E-state index in [0.29, 0.717) is 0 Å². The molecule has 0 fully saturated rings. The van der Waals surface area contributed by atoms with Gasteiger partial charge in [0.1, 0.15) is 5.56 Å². The Morgan fingerprint density at radius 3 is 2.60 bits per heavy atom. The summed E-state index contributed by atoms with van der Waals surface area (Å²) < 4.78 is 25.1. The van der Waals surface area contributed by atoms with Crippen LogP contribution in [0.4, 0.5) is 14.6 Å². The lowest BCUT2D eigenvalue weighted by atomic mass is 10.1. The second kappa shape index (κ2) is 4.67. The Kier molecular flexibility index (Phi) is 3.76. The summed E-state index contributed by atoms with van der Waals surface area (Å²) in [5.41, 5.74) is -0.975. The van der Waals surface area contributed by atoms with Crippen LogP contribution in [0, 0.1) is 10.1 Å². The maximum absolute atomic E-state index is 12.6. The van der Waals surface area contributed by atoms with Gasteiger partial charge in [-0.1, -0.05) is 11.6 Å². The predicted octanol–water partition coefficient (Wildman–Crippen LogP) is 3.32. The number of nitrogens with zero attached hydrogens (tertiary/aromatic N) is 2. The van der Waals surface area contributed by atoms with Crippen LogP contribution in [0.5, 0.6) is 0 Å². The number of alkyl halides is 3. The van der Waals surface area contributed by atoms with Gasteiger partial charge in [0.25, 0.3) is 6.43 Å². The minimum atomic E-state index is -3.04. The van der Waals surface area contributed by atoms with Gasteiger partial charge in [-0.05, 0) is 9.91 Å². The molecule has 0 aliphatic heterocycles. The first-order valence-corrected chi connectivity index (χ1v) is 4.56. The molecule has 0 aliphatic rings. The number of hydrogen-bond donors (Lipinski definition) is 0. The Morgan fingerprint density at radius 2 is 2.20 bits per heavy atom. The van der Waals surface area contributed by atoms with Crippen molar-refractivity contribution in [3.63, 3.8) is 0 Å². The summed E-state index contributed by atoms with van der Waals surface area (Å²) in [7, 11) is 0. The van der Waals surface area contributed by atoms with Crippen molar-refractivity contribution in [3.05, 3.63) is 32.5 Å². The Labute approximate surface area is 93.0 Å². The van der Waals surface area contributed by atoms with Gasteiger partial charge in [-0.3, -0.25) is 0 Å². The molecule has 0 radical (unpaired) electrons. The molecule has 0 saturated carbocycles. The molecule has 0 aliphatic carbocycles. The highest BCUT2D eigenvalue weighted by Crippen LogP contribution is 2.34. The van der Waals surface area contributed by atoms with Crippen LogP contribution in [0.3, 0.4) is 0 Å². The van der Waals surface area contributed by atoms with Crippen molar-refractivity contribution >= 4 is 29.0 Å². The standard InChI is InChI=1S/C7H4Cl2F2N2O2/c8-1-3-4(9)2-12-7(13(14)15)5(3)6(10)11/h2,6H,1H2. The molecule has 8 heteroatoms. The van der Waals surface area contributed by atoms with E-state index in [1.165, 1.54) is 0 Å². The van der Waals surface area contributed by atoms with Crippen molar-refractivity contribution in [2.75, 3.05) is 0 Å². The normalized spacial score (nSPS) is 10.7. The van der Waals surface area contributed by atoms with E-state index >= 15 is 0 Å². The Morgan fingerprint density at radius 1 is 1.60 bits per heavy atom. The van der Waals surface area contributed by atoms with Gasteiger partial charge in [0, 0.05) is 11.4 Å². The number of nitro groups is 1. The first-order valence-electron chi connectivity index (χ1n) is 3.64. The topological polar surface area (TPSA) is 56.0 Å². The number of halogens is 4. The summed E-state index contributed by atoms with van der Waals surface area (Å²) in [4.78, 5) is 12.7. The Hall–Kier alpha value is -1.01. The first kappa shape index (κ1) is 12.1. The van der Waals surface area contributed by atoms with E-state index in [2.05, 4.69) is 4.98 Å². The van der Waals surface area contributed by atoms with E-state index in [9.17, 15) is 18.9 Å². The van der Waals surface area contributed by atoms with Crippen molar-refractivity contribution in [1.82, 2.24) is 4.98 Å². The van der Waals surface area contributed by atoms with E-state index < -0.39 is 22.7 Å². The summed E-state index contributed by atoms with van der Waals surface area (Å²) in [5, 5.41) is 10.3. The quantitative estimate of drug-likeness (QED) is 0.474. The smallest absolute Gasteiger partial charge is 0.358 e.